The molecule has 7 heteroatoms. The van der Waals surface area contributed by atoms with Crippen LogP contribution in [0.1, 0.15) is 30.4 Å². The summed E-state index contributed by atoms with van der Waals surface area (Å²) in [6, 6.07) is 16.8. The van der Waals surface area contributed by atoms with Crippen molar-refractivity contribution in [3.8, 4) is 0 Å². The minimum atomic E-state index is -0.337. The molecule has 2 aromatic carbocycles. The maximum absolute atomic E-state index is 12.5. The van der Waals surface area contributed by atoms with Gasteiger partial charge in [-0.1, -0.05) is 18.2 Å². The van der Waals surface area contributed by atoms with Crippen LogP contribution in [-0.2, 0) is 0 Å². The average molecular weight is 379 g/mol. The summed E-state index contributed by atoms with van der Waals surface area (Å²) < 4.78 is 0. The minimum absolute atomic E-state index is 0.221. The van der Waals surface area contributed by atoms with E-state index < -0.39 is 0 Å². The molecule has 136 valence electrons. The Morgan fingerprint density at radius 1 is 0.741 bits per heavy atom. The second-order valence-electron chi connectivity index (χ2n) is 5.63. The molecule has 3 rings (SSSR count). The lowest BCUT2D eigenvalue weighted by Crippen LogP contribution is -2.18. The van der Waals surface area contributed by atoms with Gasteiger partial charge in [0.2, 0.25) is 0 Å². The maximum atomic E-state index is 12.5. The second kappa shape index (κ2) is 8.29. The van der Waals surface area contributed by atoms with E-state index in [0.717, 1.165) is 0 Å². The van der Waals surface area contributed by atoms with Crippen LogP contribution in [0, 0.1) is 0 Å². The third kappa shape index (κ3) is 4.59. The molecule has 3 amide bonds. The summed E-state index contributed by atoms with van der Waals surface area (Å²) in [6.07, 6.45) is 0. The van der Waals surface area contributed by atoms with Gasteiger partial charge in [-0.25, -0.2) is 0 Å². The standard InChI is InChI=1S/C20H17N3O3S/c1-21-18(24)13-5-2-7-15(11-13)22-19(25)14-6-3-8-16(12-14)23-20(26)17-9-4-10-27-17/h2-12H,1H3,(H,21,24)(H,22,25)(H,23,26). The van der Waals surface area contributed by atoms with Crippen molar-refractivity contribution in [2.24, 2.45) is 0 Å². The quantitative estimate of drug-likeness (QED) is 0.633. The lowest BCUT2D eigenvalue weighted by molar-refractivity contribution is 0.0961. The Morgan fingerprint density at radius 2 is 1.33 bits per heavy atom. The highest BCUT2D eigenvalue weighted by Gasteiger charge is 2.11. The first-order chi connectivity index (χ1) is 13.1. The molecule has 27 heavy (non-hydrogen) atoms. The van der Waals surface area contributed by atoms with Crippen LogP contribution in [-0.4, -0.2) is 24.8 Å². The molecule has 1 aromatic heterocycles. The van der Waals surface area contributed by atoms with E-state index in [9.17, 15) is 14.4 Å². The molecule has 0 radical (unpaired) electrons. The molecule has 0 aliphatic heterocycles. The molecule has 0 spiro atoms. The number of rotatable bonds is 5. The molecule has 0 saturated heterocycles. The Hall–Kier alpha value is -3.45. The number of hydrogen-bond acceptors (Lipinski definition) is 4. The predicted molar refractivity (Wildman–Crippen MR) is 106 cm³/mol. The molecule has 3 aromatic rings. The van der Waals surface area contributed by atoms with E-state index in [2.05, 4.69) is 16.0 Å². The number of hydrogen-bond donors (Lipinski definition) is 3. The number of benzene rings is 2. The van der Waals surface area contributed by atoms with Crippen molar-refractivity contribution in [3.05, 3.63) is 82.0 Å². The van der Waals surface area contributed by atoms with Crippen molar-refractivity contribution >= 4 is 40.4 Å². The third-order valence-electron chi connectivity index (χ3n) is 3.74. The van der Waals surface area contributed by atoms with E-state index in [-0.39, 0.29) is 17.7 Å². The number of nitrogens with one attached hydrogen (secondary N) is 3. The van der Waals surface area contributed by atoms with Gasteiger partial charge in [0.25, 0.3) is 17.7 Å². The Kier molecular flexibility index (Phi) is 5.63. The molecule has 0 bridgehead atoms. The molecule has 0 unspecified atom stereocenters. The van der Waals surface area contributed by atoms with Crippen molar-refractivity contribution in [1.82, 2.24) is 5.32 Å². The topological polar surface area (TPSA) is 87.3 Å². The van der Waals surface area contributed by atoms with Crippen molar-refractivity contribution in [1.29, 1.82) is 0 Å². The first-order valence-corrected chi connectivity index (χ1v) is 9.03. The Morgan fingerprint density at radius 3 is 1.89 bits per heavy atom. The minimum Gasteiger partial charge on any atom is -0.355 e. The molecule has 0 atom stereocenters. The van der Waals surface area contributed by atoms with Crippen LogP contribution in [0.2, 0.25) is 0 Å². The highest BCUT2D eigenvalue weighted by molar-refractivity contribution is 7.12. The zero-order chi connectivity index (χ0) is 19.2. The molecule has 0 fully saturated rings. The monoisotopic (exact) mass is 379 g/mol. The fourth-order valence-electron chi connectivity index (χ4n) is 2.42. The third-order valence-corrected chi connectivity index (χ3v) is 4.61. The SMILES string of the molecule is CNC(=O)c1cccc(NC(=O)c2cccc(NC(=O)c3cccs3)c2)c1. The van der Waals surface area contributed by atoms with Crippen molar-refractivity contribution < 1.29 is 14.4 Å². The van der Waals surface area contributed by atoms with Crippen LogP contribution in [0.5, 0.6) is 0 Å². The number of thiophene rings is 1. The van der Waals surface area contributed by atoms with E-state index >= 15 is 0 Å². The highest BCUT2D eigenvalue weighted by atomic mass is 32.1. The van der Waals surface area contributed by atoms with E-state index in [0.29, 0.717) is 27.4 Å². The second-order valence-corrected chi connectivity index (χ2v) is 6.57. The van der Waals surface area contributed by atoms with Crippen molar-refractivity contribution in [2.45, 2.75) is 0 Å². The maximum Gasteiger partial charge on any atom is 0.265 e. The summed E-state index contributed by atoms with van der Waals surface area (Å²) in [5.41, 5.74) is 1.88. The van der Waals surface area contributed by atoms with Gasteiger partial charge in [0, 0.05) is 29.5 Å². The van der Waals surface area contributed by atoms with Crippen LogP contribution in [0.3, 0.4) is 0 Å². The normalized spacial score (nSPS) is 10.1. The fourth-order valence-corrected chi connectivity index (χ4v) is 3.04. The van der Waals surface area contributed by atoms with Gasteiger partial charge < -0.3 is 16.0 Å². The summed E-state index contributed by atoms with van der Waals surface area (Å²) >= 11 is 1.34. The van der Waals surface area contributed by atoms with Gasteiger partial charge in [0.1, 0.15) is 0 Å². The van der Waals surface area contributed by atoms with Crippen molar-refractivity contribution in [3.63, 3.8) is 0 Å². The average Bonchev–Trinajstić information content (AvgIpc) is 3.23. The number of amides is 3. The summed E-state index contributed by atoms with van der Waals surface area (Å²) in [6.45, 7) is 0. The zero-order valence-electron chi connectivity index (χ0n) is 14.5. The van der Waals surface area contributed by atoms with Gasteiger partial charge in [-0.2, -0.15) is 0 Å². The van der Waals surface area contributed by atoms with Crippen LogP contribution < -0.4 is 16.0 Å². The summed E-state index contributed by atoms with van der Waals surface area (Å²) in [5.74, 6) is -0.790. The fraction of sp³-hybridized carbons (Fsp3) is 0.0500. The van der Waals surface area contributed by atoms with E-state index in [1.807, 2.05) is 5.38 Å². The Labute approximate surface area is 160 Å². The van der Waals surface area contributed by atoms with Gasteiger partial charge in [0.05, 0.1) is 4.88 Å². The number of carbonyl (C=O) groups excluding carboxylic acids is 3. The highest BCUT2D eigenvalue weighted by Crippen LogP contribution is 2.17. The van der Waals surface area contributed by atoms with Gasteiger partial charge in [-0.05, 0) is 47.8 Å². The largest absolute Gasteiger partial charge is 0.355 e. The molecule has 0 saturated carbocycles. The summed E-state index contributed by atoms with van der Waals surface area (Å²) in [7, 11) is 1.55. The van der Waals surface area contributed by atoms with Gasteiger partial charge in [-0.15, -0.1) is 11.3 Å². The molecule has 6 nitrogen and oxygen atoms in total. The summed E-state index contributed by atoms with van der Waals surface area (Å²) in [4.78, 5) is 36.9. The lowest BCUT2D eigenvalue weighted by atomic mass is 10.1. The molecule has 3 N–H and O–H groups in total. The summed E-state index contributed by atoms with van der Waals surface area (Å²) in [5, 5.41) is 9.89. The van der Waals surface area contributed by atoms with Crippen LogP contribution >= 0.6 is 11.3 Å². The Balaban J connectivity index is 1.72. The first kappa shape index (κ1) is 18.3. The molecular weight excluding hydrogens is 362 g/mol. The van der Waals surface area contributed by atoms with Crippen LogP contribution in [0.4, 0.5) is 11.4 Å². The Bertz CT molecular complexity index is 984. The number of carbonyl (C=O) groups is 3. The molecule has 1 heterocycles. The predicted octanol–water partition coefficient (Wildman–Crippen LogP) is 3.61. The first-order valence-electron chi connectivity index (χ1n) is 8.15. The van der Waals surface area contributed by atoms with Crippen LogP contribution in [0.25, 0.3) is 0 Å². The molecular formula is C20H17N3O3S. The van der Waals surface area contributed by atoms with Crippen LogP contribution in [0.15, 0.2) is 66.0 Å². The van der Waals surface area contributed by atoms with E-state index in [1.54, 1.807) is 67.7 Å². The van der Waals surface area contributed by atoms with Gasteiger partial charge in [-0.3, -0.25) is 14.4 Å². The van der Waals surface area contributed by atoms with Crippen molar-refractivity contribution in [2.75, 3.05) is 17.7 Å². The zero-order valence-corrected chi connectivity index (χ0v) is 15.3. The number of anilines is 2. The van der Waals surface area contributed by atoms with E-state index in [4.69, 9.17) is 0 Å². The van der Waals surface area contributed by atoms with Gasteiger partial charge >= 0.3 is 0 Å². The molecule has 0 aliphatic rings. The van der Waals surface area contributed by atoms with Gasteiger partial charge in [0.15, 0.2) is 0 Å². The smallest absolute Gasteiger partial charge is 0.265 e. The lowest BCUT2D eigenvalue weighted by Gasteiger charge is -2.09. The molecule has 0 aliphatic carbocycles. The van der Waals surface area contributed by atoms with E-state index in [1.165, 1.54) is 11.3 Å².